The van der Waals surface area contributed by atoms with Gasteiger partial charge in [-0.15, -0.1) is 0 Å². The topological polar surface area (TPSA) is 39.1 Å². The maximum Gasteiger partial charge on any atom is 0.0850 e. The Labute approximate surface area is 132 Å². The summed E-state index contributed by atoms with van der Waals surface area (Å²) < 4.78 is 8.00. The van der Waals surface area contributed by atoms with E-state index in [2.05, 4.69) is 24.3 Å². The van der Waals surface area contributed by atoms with Gasteiger partial charge in [0.15, 0.2) is 0 Å². The molecule has 2 fully saturated rings. The van der Waals surface area contributed by atoms with Crippen molar-refractivity contribution in [2.24, 2.45) is 13.0 Å². The van der Waals surface area contributed by atoms with E-state index in [-0.39, 0.29) is 0 Å². The van der Waals surface area contributed by atoms with Crippen molar-refractivity contribution in [3.63, 3.8) is 0 Å². The van der Waals surface area contributed by atoms with Gasteiger partial charge in [0.25, 0.3) is 0 Å². The molecular formula is C16H26ClN3O. The van der Waals surface area contributed by atoms with Crippen LogP contribution < -0.4 is 5.32 Å². The first-order valence-corrected chi connectivity index (χ1v) is 8.60. The van der Waals surface area contributed by atoms with Crippen molar-refractivity contribution < 1.29 is 4.74 Å². The van der Waals surface area contributed by atoms with Crippen LogP contribution in [-0.2, 0) is 24.6 Å². The zero-order chi connectivity index (χ0) is 15.0. The van der Waals surface area contributed by atoms with E-state index in [1.165, 1.54) is 19.3 Å². The lowest BCUT2D eigenvalue weighted by molar-refractivity contribution is 0.0857. The zero-order valence-corrected chi connectivity index (χ0v) is 14.0. The average molecular weight is 312 g/mol. The Morgan fingerprint density at radius 1 is 1.43 bits per heavy atom. The van der Waals surface area contributed by atoms with Crippen LogP contribution in [0.1, 0.15) is 44.5 Å². The van der Waals surface area contributed by atoms with E-state index in [0.717, 1.165) is 35.8 Å². The fraction of sp³-hybridized carbons (Fsp3) is 0.812. The van der Waals surface area contributed by atoms with Crippen LogP contribution in [-0.4, -0.2) is 34.6 Å². The molecule has 4 atom stereocenters. The molecule has 2 aliphatic heterocycles. The van der Waals surface area contributed by atoms with Crippen molar-refractivity contribution in [1.82, 2.24) is 15.1 Å². The molecule has 5 heteroatoms. The maximum absolute atomic E-state index is 6.52. The summed E-state index contributed by atoms with van der Waals surface area (Å²) in [5, 5.41) is 9.06. The van der Waals surface area contributed by atoms with Gasteiger partial charge in [-0.1, -0.05) is 25.4 Å². The Hall–Kier alpha value is -0.580. The molecule has 2 saturated heterocycles. The van der Waals surface area contributed by atoms with Crippen LogP contribution in [0.2, 0.25) is 5.02 Å². The third kappa shape index (κ3) is 2.86. The van der Waals surface area contributed by atoms with Gasteiger partial charge in [-0.25, -0.2) is 0 Å². The van der Waals surface area contributed by atoms with Gasteiger partial charge in [0.2, 0.25) is 0 Å². The first-order valence-electron chi connectivity index (χ1n) is 8.23. The van der Waals surface area contributed by atoms with Crippen molar-refractivity contribution in [2.45, 2.75) is 64.2 Å². The fourth-order valence-corrected chi connectivity index (χ4v) is 4.36. The highest BCUT2D eigenvalue weighted by atomic mass is 35.5. The maximum atomic E-state index is 6.52. The molecule has 0 aromatic carbocycles. The van der Waals surface area contributed by atoms with Gasteiger partial charge in [0.1, 0.15) is 0 Å². The molecule has 118 valence electrons. The van der Waals surface area contributed by atoms with Crippen LogP contribution in [0.4, 0.5) is 0 Å². The van der Waals surface area contributed by atoms with Crippen LogP contribution >= 0.6 is 11.6 Å². The molecule has 4 unspecified atom stereocenters. The van der Waals surface area contributed by atoms with E-state index in [9.17, 15) is 0 Å². The van der Waals surface area contributed by atoms with Crippen LogP contribution in [0.5, 0.6) is 0 Å². The Morgan fingerprint density at radius 3 is 2.76 bits per heavy atom. The van der Waals surface area contributed by atoms with Crippen LogP contribution in [0.3, 0.4) is 0 Å². The second-order valence-corrected chi connectivity index (χ2v) is 6.70. The minimum atomic E-state index is 0.433. The molecule has 1 aromatic rings. The summed E-state index contributed by atoms with van der Waals surface area (Å²) in [6, 6.07) is 0.433. The number of aryl methyl sites for hydroxylation is 2. The number of hydrogen-bond acceptors (Lipinski definition) is 3. The molecule has 1 N–H and O–H groups in total. The minimum Gasteiger partial charge on any atom is -0.375 e. The smallest absolute Gasteiger partial charge is 0.0850 e. The molecule has 2 bridgehead atoms. The molecule has 1 aromatic heterocycles. The minimum absolute atomic E-state index is 0.433. The summed E-state index contributed by atoms with van der Waals surface area (Å²) in [6.45, 7) is 5.25. The third-order valence-electron chi connectivity index (χ3n) is 5.05. The highest BCUT2D eigenvalue weighted by Crippen LogP contribution is 2.41. The van der Waals surface area contributed by atoms with E-state index >= 15 is 0 Å². The van der Waals surface area contributed by atoms with Gasteiger partial charge in [-0.3, -0.25) is 4.68 Å². The quantitative estimate of drug-likeness (QED) is 0.878. The van der Waals surface area contributed by atoms with Crippen molar-refractivity contribution >= 4 is 11.6 Å². The van der Waals surface area contributed by atoms with Gasteiger partial charge in [-0.2, -0.15) is 5.10 Å². The van der Waals surface area contributed by atoms with Gasteiger partial charge in [0.05, 0.1) is 28.6 Å². The second kappa shape index (κ2) is 6.27. The highest BCUT2D eigenvalue weighted by molar-refractivity contribution is 6.31. The number of ether oxygens (including phenoxy) is 1. The average Bonchev–Trinajstić information content (AvgIpc) is 3.16. The van der Waals surface area contributed by atoms with Gasteiger partial charge in [0, 0.05) is 25.4 Å². The van der Waals surface area contributed by atoms with Crippen LogP contribution in [0.15, 0.2) is 0 Å². The zero-order valence-electron chi connectivity index (χ0n) is 13.2. The number of aromatic nitrogens is 2. The SMILES string of the molecule is CCNC(Cc1c(Cl)c(CC)nn1C)C1CC2CCC1O2. The summed E-state index contributed by atoms with van der Waals surface area (Å²) in [5.41, 5.74) is 2.16. The third-order valence-corrected chi connectivity index (χ3v) is 5.49. The summed E-state index contributed by atoms with van der Waals surface area (Å²) in [4.78, 5) is 0. The second-order valence-electron chi connectivity index (χ2n) is 6.33. The Balaban J connectivity index is 1.78. The van der Waals surface area contributed by atoms with Gasteiger partial charge in [-0.05, 0) is 32.2 Å². The number of nitrogens with one attached hydrogen (secondary N) is 1. The molecule has 0 saturated carbocycles. The fourth-order valence-electron chi connectivity index (χ4n) is 3.99. The summed E-state index contributed by atoms with van der Waals surface area (Å²) in [5.74, 6) is 0.611. The van der Waals surface area contributed by atoms with Gasteiger partial charge >= 0.3 is 0 Å². The highest BCUT2D eigenvalue weighted by Gasteiger charge is 2.44. The molecule has 0 aliphatic carbocycles. The lowest BCUT2D eigenvalue weighted by Gasteiger charge is -2.29. The Bertz CT molecular complexity index is 502. The first-order chi connectivity index (χ1) is 10.1. The molecular weight excluding hydrogens is 286 g/mol. The number of fused-ring (bicyclic) bond motifs is 2. The molecule has 3 rings (SSSR count). The van der Waals surface area contributed by atoms with Gasteiger partial charge < -0.3 is 10.1 Å². The normalized spacial score (nSPS) is 29.2. The summed E-state index contributed by atoms with van der Waals surface area (Å²) in [6.07, 6.45) is 6.41. The van der Waals surface area contributed by atoms with Crippen molar-refractivity contribution in [3.8, 4) is 0 Å². The molecule has 2 aliphatic rings. The molecule has 0 amide bonds. The van der Waals surface area contributed by atoms with E-state index in [0.29, 0.717) is 24.2 Å². The van der Waals surface area contributed by atoms with Crippen molar-refractivity contribution in [3.05, 3.63) is 16.4 Å². The number of nitrogens with zero attached hydrogens (tertiary/aromatic N) is 2. The number of rotatable bonds is 6. The largest absolute Gasteiger partial charge is 0.375 e. The molecule has 0 spiro atoms. The van der Waals surface area contributed by atoms with E-state index in [4.69, 9.17) is 16.3 Å². The lowest BCUT2D eigenvalue weighted by atomic mass is 9.82. The predicted octanol–water partition coefficient (Wildman–Crippen LogP) is 2.72. The van der Waals surface area contributed by atoms with E-state index in [1.807, 2.05) is 11.7 Å². The predicted molar refractivity (Wildman–Crippen MR) is 84.8 cm³/mol. The van der Waals surface area contributed by atoms with Crippen molar-refractivity contribution in [2.75, 3.05) is 6.54 Å². The number of halogens is 1. The van der Waals surface area contributed by atoms with E-state index < -0.39 is 0 Å². The molecule has 0 radical (unpaired) electrons. The molecule has 3 heterocycles. The molecule has 4 nitrogen and oxygen atoms in total. The van der Waals surface area contributed by atoms with Crippen molar-refractivity contribution in [1.29, 1.82) is 0 Å². The number of hydrogen-bond donors (Lipinski definition) is 1. The number of likely N-dealkylation sites (N-methyl/N-ethyl adjacent to an activating group) is 1. The first kappa shape index (κ1) is 15.3. The summed E-state index contributed by atoms with van der Waals surface area (Å²) in [7, 11) is 2.00. The standard InChI is InChI=1S/C16H26ClN3O/c1-4-12-16(17)14(20(3)19-12)9-13(18-5-2)11-8-10-6-7-15(11)21-10/h10-11,13,15,18H,4-9H2,1-3H3. The van der Waals surface area contributed by atoms with Crippen LogP contribution in [0, 0.1) is 5.92 Å². The Kier molecular flexibility index (Phi) is 4.57. The van der Waals surface area contributed by atoms with Crippen LogP contribution in [0.25, 0.3) is 0 Å². The lowest BCUT2D eigenvalue weighted by Crippen LogP contribution is -2.42. The monoisotopic (exact) mass is 311 g/mol. The Morgan fingerprint density at radius 2 is 2.24 bits per heavy atom. The summed E-state index contributed by atoms with van der Waals surface area (Å²) >= 11 is 6.52. The van der Waals surface area contributed by atoms with E-state index in [1.54, 1.807) is 0 Å². The molecule has 21 heavy (non-hydrogen) atoms.